The van der Waals surface area contributed by atoms with E-state index in [4.69, 9.17) is 35.1 Å². The molecule has 1 atom stereocenters. The predicted molar refractivity (Wildman–Crippen MR) is 135 cm³/mol. The minimum Gasteiger partial charge on any atom is -0.487 e. The van der Waals surface area contributed by atoms with Crippen molar-refractivity contribution in [2.45, 2.75) is 39.7 Å². The molecule has 0 N–H and O–H groups in total. The summed E-state index contributed by atoms with van der Waals surface area (Å²) in [6.07, 6.45) is 0.552. The van der Waals surface area contributed by atoms with E-state index >= 15 is 0 Å². The highest BCUT2D eigenvalue weighted by Crippen LogP contribution is 2.21. The normalized spacial score (nSPS) is 12.3. The summed E-state index contributed by atoms with van der Waals surface area (Å²) < 4.78 is 22.3. The predicted octanol–water partition coefficient (Wildman–Crippen LogP) is 5.11. The third-order valence-corrected chi connectivity index (χ3v) is 5.12. The average molecular weight is 516 g/mol. The van der Waals surface area contributed by atoms with Crippen LogP contribution in [0.1, 0.15) is 38.6 Å². The van der Waals surface area contributed by atoms with E-state index in [0.29, 0.717) is 48.6 Å². The van der Waals surface area contributed by atoms with Gasteiger partial charge in [0.2, 0.25) is 5.89 Å². The van der Waals surface area contributed by atoms with E-state index in [1.165, 1.54) is 0 Å². The molecule has 192 valence electrons. The number of nitrogens with zero attached hydrogens (tertiary/aromatic N) is 3. The molecule has 0 radical (unpaired) electrons. The van der Waals surface area contributed by atoms with Crippen molar-refractivity contribution in [2.75, 3.05) is 26.4 Å². The Morgan fingerprint density at radius 3 is 2.44 bits per heavy atom. The Morgan fingerprint density at radius 1 is 1.03 bits per heavy atom. The van der Waals surface area contributed by atoms with Gasteiger partial charge in [-0.2, -0.15) is 0 Å². The molecule has 0 amide bonds. The van der Waals surface area contributed by atoms with Gasteiger partial charge in [-0.1, -0.05) is 35.8 Å². The molecule has 0 saturated heterocycles. The lowest BCUT2D eigenvalue weighted by Gasteiger charge is -2.15. The Kier molecular flexibility index (Phi) is 10.7. The molecule has 9 nitrogen and oxygen atoms in total. The molecule has 0 aliphatic rings. The smallest absolute Gasteiger partial charge is 0.335 e. The van der Waals surface area contributed by atoms with E-state index in [1.54, 1.807) is 43.3 Å². The molecule has 3 aromatic rings. The highest BCUT2D eigenvalue weighted by molar-refractivity contribution is 6.30. The standard InChI is InChI=1S/C26H30ClN3O6/c1-4-15-35-30-22(25-29-28-24(36-25)19-9-11-20(27)12-10-19)17-34-21-13-7-18(8-14-21)16-23(32-5-2)26(31)33-6-3/h7-14,23H,4-6,15-17H2,1-3H3/b30-22+. The number of carbonyl (C=O) groups is 1. The lowest BCUT2D eigenvalue weighted by molar-refractivity contribution is -0.156. The first-order chi connectivity index (χ1) is 17.5. The maximum Gasteiger partial charge on any atom is 0.335 e. The molecule has 10 heteroatoms. The fourth-order valence-electron chi connectivity index (χ4n) is 3.13. The van der Waals surface area contributed by atoms with Crippen LogP contribution in [0.4, 0.5) is 0 Å². The van der Waals surface area contributed by atoms with Crippen molar-refractivity contribution >= 4 is 23.3 Å². The van der Waals surface area contributed by atoms with Gasteiger partial charge >= 0.3 is 5.97 Å². The van der Waals surface area contributed by atoms with Gasteiger partial charge in [0.15, 0.2) is 11.8 Å². The van der Waals surface area contributed by atoms with E-state index in [-0.39, 0.29) is 18.5 Å². The molecular formula is C26H30ClN3O6. The third-order valence-electron chi connectivity index (χ3n) is 4.87. The zero-order valence-electron chi connectivity index (χ0n) is 20.6. The molecule has 0 fully saturated rings. The lowest BCUT2D eigenvalue weighted by atomic mass is 10.1. The first-order valence-electron chi connectivity index (χ1n) is 11.8. The van der Waals surface area contributed by atoms with Crippen LogP contribution in [-0.4, -0.2) is 54.4 Å². The summed E-state index contributed by atoms with van der Waals surface area (Å²) in [6, 6.07) is 14.4. The summed E-state index contributed by atoms with van der Waals surface area (Å²) >= 11 is 5.95. The quantitative estimate of drug-likeness (QED) is 0.126. The number of oxime groups is 1. The van der Waals surface area contributed by atoms with Crippen molar-refractivity contribution in [1.82, 2.24) is 10.2 Å². The van der Waals surface area contributed by atoms with Gasteiger partial charge in [-0.15, -0.1) is 10.2 Å². The van der Waals surface area contributed by atoms with Crippen LogP contribution in [0.15, 0.2) is 58.1 Å². The van der Waals surface area contributed by atoms with Crippen LogP contribution < -0.4 is 4.74 Å². The monoisotopic (exact) mass is 515 g/mol. The number of halogens is 1. The second-order valence-electron chi connectivity index (χ2n) is 7.62. The molecule has 1 heterocycles. The molecule has 0 aliphatic carbocycles. The summed E-state index contributed by atoms with van der Waals surface area (Å²) in [5.41, 5.74) is 2.01. The number of rotatable bonds is 14. The van der Waals surface area contributed by atoms with Crippen LogP contribution in [0.25, 0.3) is 11.5 Å². The highest BCUT2D eigenvalue weighted by atomic mass is 35.5. The zero-order chi connectivity index (χ0) is 25.8. The molecule has 3 rings (SSSR count). The Labute approximate surface area is 215 Å². The van der Waals surface area contributed by atoms with Gasteiger partial charge in [0.05, 0.1) is 6.61 Å². The van der Waals surface area contributed by atoms with E-state index in [1.807, 2.05) is 26.0 Å². The number of hydrogen-bond acceptors (Lipinski definition) is 9. The second kappa shape index (κ2) is 14.2. The Morgan fingerprint density at radius 2 is 1.78 bits per heavy atom. The van der Waals surface area contributed by atoms with E-state index in [9.17, 15) is 4.79 Å². The van der Waals surface area contributed by atoms with Crippen LogP contribution in [0.5, 0.6) is 5.75 Å². The van der Waals surface area contributed by atoms with Gasteiger partial charge in [0, 0.05) is 23.6 Å². The molecule has 0 spiro atoms. The SMILES string of the molecule is CCCO/N=C(\COc1ccc(CC(OCC)C(=O)OCC)cc1)c1nnc(-c2ccc(Cl)cc2)o1. The average Bonchev–Trinajstić information content (AvgIpc) is 3.37. The van der Waals surface area contributed by atoms with Crippen molar-refractivity contribution in [3.05, 3.63) is 65.0 Å². The number of benzene rings is 2. The first kappa shape index (κ1) is 27.2. The third kappa shape index (κ3) is 8.07. The van der Waals surface area contributed by atoms with Crippen molar-refractivity contribution in [3.8, 4) is 17.2 Å². The maximum absolute atomic E-state index is 12.1. The summed E-state index contributed by atoms with van der Waals surface area (Å²) in [5.74, 6) is 0.759. The molecule has 1 aromatic heterocycles. The van der Waals surface area contributed by atoms with Crippen molar-refractivity contribution in [2.24, 2.45) is 5.16 Å². The van der Waals surface area contributed by atoms with E-state index < -0.39 is 6.10 Å². The molecule has 1 unspecified atom stereocenters. The zero-order valence-corrected chi connectivity index (χ0v) is 21.4. The van der Waals surface area contributed by atoms with Crippen LogP contribution >= 0.6 is 11.6 Å². The van der Waals surface area contributed by atoms with Crippen LogP contribution in [0.2, 0.25) is 5.02 Å². The molecule has 0 bridgehead atoms. The number of hydrogen-bond donors (Lipinski definition) is 0. The van der Waals surface area contributed by atoms with E-state index in [0.717, 1.165) is 17.5 Å². The van der Waals surface area contributed by atoms with Crippen LogP contribution in [-0.2, 0) is 25.5 Å². The van der Waals surface area contributed by atoms with Crippen LogP contribution in [0.3, 0.4) is 0 Å². The Bertz CT molecular complexity index is 1120. The summed E-state index contributed by atoms with van der Waals surface area (Å²) in [6.45, 7) is 6.81. The number of aromatic nitrogens is 2. The minimum atomic E-state index is -0.650. The van der Waals surface area contributed by atoms with Gasteiger partial charge in [-0.3, -0.25) is 0 Å². The first-order valence-corrected chi connectivity index (χ1v) is 12.2. The molecule has 0 saturated carbocycles. The largest absolute Gasteiger partial charge is 0.487 e. The topological polar surface area (TPSA) is 105 Å². The molecule has 36 heavy (non-hydrogen) atoms. The maximum atomic E-state index is 12.1. The van der Waals surface area contributed by atoms with Gasteiger partial charge in [0.1, 0.15) is 19.0 Å². The van der Waals surface area contributed by atoms with Crippen molar-refractivity contribution in [3.63, 3.8) is 0 Å². The van der Waals surface area contributed by atoms with Crippen LogP contribution in [0, 0.1) is 0 Å². The minimum absolute atomic E-state index is 0.0513. The summed E-state index contributed by atoms with van der Waals surface area (Å²) in [7, 11) is 0. The number of carbonyl (C=O) groups excluding carboxylic acids is 1. The Hall–Kier alpha value is -3.43. The second-order valence-corrected chi connectivity index (χ2v) is 8.06. The molecule has 2 aromatic carbocycles. The Balaban J connectivity index is 1.67. The highest BCUT2D eigenvalue weighted by Gasteiger charge is 2.21. The number of ether oxygens (including phenoxy) is 3. The van der Waals surface area contributed by atoms with Gasteiger partial charge < -0.3 is 23.5 Å². The van der Waals surface area contributed by atoms with Crippen molar-refractivity contribution in [1.29, 1.82) is 0 Å². The van der Waals surface area contributed by atoms with Gasteiger partial charge in [-0.05, 0) is 62.2 Å². The van der Waals surface area contributed by atoms with Gasteiger partial charge in [0.25, 0.3) is 5.89 Å². The number of esters is 1. The lowest BCUT2D eigenvalue weighted by Crippen LogP contribution is -2.28. The molecular weight excluding hydrogens is 486 g/mol. The summed E-state index contributed by atoms with van der Waals surface area (Å²) in [5, 5.41) is 13.0. The fourth-order valence-corrected chi connectivity index (χ4v) is 3.25. The molecule has 0 aliphatic heterocycles. The van der Waals surface area contributed by atoms with E-state index in [2.05, 4.69) is 15.4 Å². The van der Waals surface area contributed by atoms with Crippen molar-refractivity contribution < 1.29 is 28.3 Å². The van der Waals surface area contributed by atoms with Gasteiger partial charge in [-0.25, -0.2) is 4.79 Å². The fraction of sp³-hybridized carbons (Fsp3) is 0.385. The summed E-state index contributed by atoms with van der Waals surface area (Å²) in [4.78, 5) is 17.5.